The van der Waals surface area contributed by atoms with Crippen LogP contribution in [0, 0.1) is 12.3 Å². The van der Waals surface area contributed by atoms with Gasteiger partial charge in [-0.15, -0.1) is 21.5 Å². The molecule has 3 atom stereocenters. The molecule has 0 spiro atoms. The number of aliphatic hydroxyl groups is 1. The number of nitrogens with two attached hydrogens (primary N) is 1. The molecule has 2 aliphatic heterocycles. The summed E-state index contributed by atoms with van der Waals surface area (Å²) in [5.41, 5.74) is 12.9. The number of aromatic nitrogens is 5. The molecular formula is C44H54N10O5S. The predicted octanol–water partition coefficient (Wildman–Crippen LogP) is 4.95. The van der Waals surface area contributed by atoms with Crippen LogP contribution in [0.3, 0.4) is 0 Å². The number of likely N-dealkylation sites (tertiary alicyclic amines) is 2. The highest BCUT2D eigenvalue weighted by Crippen LogP contribution is 2.34. The summed E-state index contributed by atoms with van der Waals surface area (Å²) in [6.45, 7) is 10.4. The van der Waals surface area contributed by atoms with Crippen LogP contribution in [0.15, 0.2) is 72.5 Å². The molecule has 0 aliphatic carbocycles. The number of para-hydroxylation sites is 1. The Hall–Kier alpha value is -5.71. The maximum absolute atomic E-state index is 14.1. The Morgan fingerprint density at radius 3 is 2.47 bits per heavy atom. The maximum atomic E-state index is 14.1. The second-order valence-electron chi connectivity index (χ2n) is 16.9. The van der Waals surface area contributed by atoms with Gasteiger partial charge in [-0.1, -0.05) is 57.2 Å². The summed E-state index contributed by atoms with van der Waals surface area (Å²) in [5.74, 6) is -0.546. The van der Waals surface area contributed by atoms with Gasteiger partial charge >= 0.3 is 0 Å². The molecule has 5 aromatic rings. The highest BCUT2D eigenvalue weighted by Gasteiger charge is 2.44. The first kappa shape index (κ1) is 42.4. The van der Waals surface area contributed by atoms with E-state index in [4.69, 9.17) is 5.73 Å². The number of hydrogen-bond donors (Lipinski definition) is 5. The number of piperidine rings is 1. The van der Waals surface area contributed by atoms with Crippen LogP contribution in [0.2, 0.25) is 0 Å². The van der Waals surface area contributed by atoms with Crippen LogP contribution < -0.4 is 16.4 Å². The predicted molar refractivity (Wildman–Crippen MR) is 230 cm³/mol. The van der Waals surface area contributed by atoms with Gasteiger partial charge in [-0.3, -0.25) is 19.1 Å². The zero-order valence-corrected chi connectivity index (χ0v) is 35.4. The Morgan fingerprint density at radius 1 is 1.02 bits per heavy atom. The highest BCUT2D eigenvalue weighted by molar-refractivity contribution is 7.13. The van der Waals surface area contributed by atoms with E-state index in [1.54, 1.807) is 35.7 Å². The van der Waals surface area contributed by atoms with Crippen molar-refractivity contribution in [1.82, 2.24) is 45.4 Å². The number of aromatic hydroxyl groups is 1. The lowest BCUT2D eigenvalue weighted by molar-refractivity contribution is -0.144. The first-order valence-electron chi connectivity index (χ1n) is 20.5. The minimum Gasteiger partial charge on any atom is -0.507 e. The number of nitrogen functional groups attached to an aromatic ring is 1. The van der Waals surface area contributed by atoms with E-state index in [-0.39, 0.29) is 61.3 Å². The van der Waals surface area contributed by atoms with Crippen molar-refractivity contribution < 1.29 is 24.6 Å². The number of carbonyl (C=O) groups is 3. The van der Waals surface area contributed by atoms with Crippen molar-refractivity contribution in [3.8, 4) is 38.6 Å². The summed E-state index contributed by atoms with van der Waals surface area (Å²) in [6, 6.07) is 15.2. The number of hydrogen-bond acceptors (Lipinski definition) is 12. The number of nitrogens with zero attached hydrogens (tertiary/aromatic N) is 7. The Labute approximate surface area is 354 Å². The molecule has 3 aromatic heterocycles. The molecule has 2 saturated heterocycles. The molecule has 0 saturated carbocycles. The lowest BCUT2D eigenvalue weighted by Crippen LogP contribution is -2.57. The van der Waals surface area contributed by atoms with Crippen molar-refractivity contribution in [3.63, 3.8) is 0 Å². The van der Waals surface area contributed by atoms with E-state index in [0.717, 1.165) is 59.7 Å². The SMILES string of the molecule is Cc1ncsc1-c1ccc(CNC(=O)[C@@H]2C[C@@H](O)CN2C(=O)[C@@H](NC(=O)CCCN2CCC(n3cc(-c4cc(-c5ccccc5O)nnc4N)cn3)CC2)C(C)(C)C)cc1. The second-order valence-corrected chi connectivity index (χ2v) is 17.7. The number of benzene rings is 2. The van der Waals surface area contributed by atoms with E-state index in [2.05, 4.69) is 35.8 Å². The van der Waals surface area contributed by atoms with Crippen molar-refractivity contribution in [2.45, 2.75) is 90.6 Å². The number of nitrogens with one attached hydrogen (secondary N) is 2. The molecule has 3 amide bonds. The molecule has 0 bridgehead atoms. The van der Waals surface area contributed by atoms with Gasteiger partial charge in [0.2, 0.25) is 17.7 Å². The molecule has 5 heterocycles. The van der Waals surface area contributed by atoms with Crippen LogP contribution in [-0.4, -0.2) is 107 Å². The maximum Gasteiger partial charge on any atom is 0.246 e. The van der Waals surface area contributed by atoms with E-state index in [0.29, 0.717) is 23.2 Å². The van der Waals surface area contributed by atoms with Crippen LogP contribution in [0.25, 0.3) is 32.8 Å². The molecule has 2 aromatic carbocycles. The summed E-state index contributed by atoms with van der Waals surface area (Å²) in [7, 11) is 0. The van der Waals surface area contributed by atoms with Gasteiger partial charge in [-0.2, -0.15) is 5.10 Å². The Kier molecular flexibility index (Phi) is 12.9. The van der Waals surface area contributed by atoms with Crippen LogP contribution in [-0.2, 0) is 20.9 Å². The average molecular weight is 835 g/mol. The molecule has 316 valence electrons. The minimum atomic E-state index is -0.876. The van der Waals surface area contributed by atoms with Gasteiger partial charge in [-0.25, -0.2) is 4.98 Å². The number of aliphatic hydroxyl groups excluding tert-OH is 1. The number of carbonyl (C=O) groups excluding carboxylic acids is 3. The third-order valence-electron chi connectivity index (χ3n) is 11.4. The van der Waals surface area contributed by atoms with Gasteiger partial charge in [0.1, 0.15) is 17.8 Å². The first-order valence-corrected chi connectivity index (χ1v) is 21.4. The summed E-state index contributed by atoms with van der Waals surface area (Å²) >= 11 is 1.58. The van der Waals surface area contributed by atoms with Gasteiger partial charge in [0.05, 0.1) is 40.1 Å². The van der Waals surface area contributed by atoms with Crippen molar-refractivity contribution in [2.75, 3.05) is 31.9 Å². The minimum absolute atomic E-state index is 0.0215. The number of aryl methyl sites for hydroxylation is 1. The highest BCUT2D eigenvalue weighted by atomic mass is 32.1. The number of amides is 3. The number of phenolic OH excluding ortho intramolecular Hbond substituents is 1. The molecule has 15 nitrogen and oxygen atoms in total. The summed E-state index contributed by atoms with van der Waals surface area (Å²) in [6.07, 6.45) is 5.68. The standard InChI is InChI=1S/C44H54N10O5S/c1-27-39(60-26-47-27)29-13-11-28(12-14-29)22-46-42(58)36-20-32(55)25-53(36)43(59)40(44(2,3)4)49-38(57)10-7-17-52-18-15-31(16-19-52)54-24-30(23-48-54)34-21-35(50-51-41(34)45)33-8-5-6-9-37(33)56/h5-6,8-9,11-14,21,23-24,26,31-32,36,40,55-56H,7,10,15-20,22,25H2,1-4H3,(H2,45,51)(H,46,58)(H,49,57)/t32-,36+,40-/m1/s1. The topological polar surface area (TPSA) is 205 Å². The summed E-state index contributed by atoms with van der Waals surface area (Å²) in [4.78, 5) is 50.1. The second kappa shape index (κ2) is 18.3. The zero-order valence-electron chi connectivity index (χ0n) is 34.5. The lowest BCUT2D eigenvalue weighted by Gasteiger charge is -2.35. The molecule has 6 N–H and O–H groups in total. The molecule has 60 heavy (non-hydrogen) atoms. The van der Waals surface area contributed by atoms with Crippen LogP contribution in [0.5, 0.6) is 5.75 Å². The number of thiazole rings is 1. The van der Waals surface area contributed by atoms with Crippen molar-refractivity contribution in [2.24, 2.45) is 5.41 Å². The Morgan fingerprint density at radius 2 is 1.77 bits per heavy atom. The van der Waals surface area contributed by atoms with Crippen LogP contribution in [0.4, 0.5) is 5.82 Å². The quantitative estimate of drug-likeness (QED) is 0.107. The summed E-state index contributed by atoms with van der Waals surface area (Å²) < 4.78 is 1.97. The fourth-order valence-electron chi connectivity index (χ4n) is 8.02. The van der Waals surface area contributed by atoms with Crippen molar-refractivity contribution in [3.05, 3.63) is 83.8 Å². The third-order valence-corrected chi connectivity index (χ3v) is 12.4. The molecule has 0 radical (unpaired) electrons. The van der Waals surface area contributed by atoms with Crippen LogP contribution in [0.1, 0.15) is 70.2 Å². The molecule has 0 unspecified atom stereocenters. The van der Waals surface area contributed by atoms with E-state index in [9.17, 15) is 24.6 Å². The van der Waals surface area contributed by atoms with Gasteiger partial charge in [0.25, 0.3) is 0 Å². The monoisotopic (exact) mass is 834 g/mol. The lowest BCUT2D eigenvalue weighted by atomic mass is 9.85. The molecule has 7 rings (SSSR count). The van der Waals surface area contributed by atoms with E-state index in [1.807, 2.05) is 80.5 Å². The fraction of sp³-hybridized carbons (Fsp3) is 0.432. The van der Waals surface area contributed by atoms with Crippen LogP contribution >= 0.6 is 11.3 Å². The summed E-state index contributed by atoms with van der Waals surface area (Å²) in [5, 5.41) is 39.8. The van der Waals surface area contributed by atoms with Gasteiger partial charge in [0, 0.05) is 61.9 Å². The first-order chi connectivity index (χ1) is 28.7. The van der Waals surface area contributed by atoms with E-state index >= 15 is 0 Å². The largest absolute Gasteiger partial charge is 0.507 e. The average Bonchev–Trinajstić information content (AvgIpc) is 4.00. The number of rotatable bonds is 13. The Bertz CT molecular complexity index is 2300. The van der Waals surface area contributed by atoms with Crippen molar-refractivity contribution in [1.29, 1.82) is 0 Å². The zero-order chi connectivity index (χ0) is 42.6. The number of β-amino-alcohol motifs (C(OH)–C–C–N with tert-alkyl or cyclic N) is 1. The van der Waals surface area contributed by atoms with E-state index < -0.39 is 23.6 Å². The molecule has 16 heteroatoms. The van der Waals surface area contributed by atoms with Gasteiger partial charge < -0.3 is 36.4 Å². The normalized spacial score (nSPS) is 18.1. The number of phenols is 1. The van der Waals surface area contributed by atoms with Crippen molar-refractivity contribution >= 4 is 34.9 Å². The van der Waals surface area contributed by atoms with E-state index in [1.165, 1.54) is 4.90 Å². The fourth-order valence-corrected chi connectivity index (χ4v) is 8.83. The molecule has 2 fully saturated rings. The Balaban J connectivity index is 0.878. The van der Waals surface area contributed by atoms with Gasteiger partial charge in [0.15, 0.2) is 5.82 Å². The molecular weight excluding hydrogens is 781 g/mol. The molecule has 2 aliphatic rings. The van der Waals surface area contributed by atoms with Gasteiger partial charge in [-0.05, 0) is 67.5 Å². The number of anilines is 1. The smallest absolute Gasteiger partial charge is 0.246 e. The third kappa shape index (κ3) is 9.83.